The number of rotatable bonds is 5. The molecule has 1 N–H and O–H groups in total. The van der Waals surface area contributed by atoms with Gasteiger partial charge in [-0.3, -0.25) is 14.9 Å². The minimum atomic E-state index is -0.491. The zero-order valence-corrected chi connectivity index (χ0v) is 15.8. The molecule has 0 radical (unpaired) electrons. The van der Waals surface area contributed by atoms with E-state index in [9.17, 15) is 9.59 Å². The van der Waals surface area contributed by atoms with Gasteiger partial charge in [0.05, 0.1) is 5.88 Å². The minimum Gasteiger partial charge on any atom is -0.316 e. The average Bonchev–Trinajstić information content (AvgIpc) is 3.24. The van der Waals surface area contributed by atoms with Gasteiger partial charge in [-0.05, 0) is 18.1 Å². The van der Waals surface area contributed by atoms with Gasteiger partial charge in [-0.1, -0.05) is 43.4 Å². The molecule has 25 heavy (non-hydrogen) atoms. The molecule has 1 aliphatic heterocycles. The predicted octanol–water partition coefficient (Wildman–Crippen LogP) is 2.89. The van der Waals surface area contributed by atoms with Crippen LogP contribution in [0.2, 0.25) is 0 Å². The van der Waals surface area contributed by atoms with E-state index in [2.05, 4.69) is 29.4 Å². The van der Waals surface area contributed by atoms with Gasteiger partial charge in [0, 0.05) is 17.7 Å². The van der Waals surface area contributed by atoms with Crippen molar-refractivity contribution in [3.8, 4) is 0 Å². The van der Waals surface area contributed by atoms with E-state index < -0.39 is 6.04 Å². The summed E-state index contributed by atoms with van der Waals surface area (Å²) in [6, 6.07) is 8.55. The third-order valence-electron chi connectivity index (χ3n) is 3.75. The second kappa shape index (κ2) is 7.97. The zero-order chi connectivity index (χ0) is 17.8. The molecule has 0 saturated carbocycles. The first-order valence-corrected chi connectivity index (χ1v) is 10.1. The summed E-state index contributed by atoms with van der Waals surface area (Å²) in [5.41, 5.74) is 0.595. The number of nitrogens with one attached hydrogen (secondary N) is 1. The van der Waals surface area contributed by atoms with Gasteiger partial charge >= 0.3 is 0 Å². The van der Waals surface area contributed by atoms with Gasteiger partial charge in [-0.2, -0.15) is 0 Å². The quantitative estimate of drug-likeness (QED) is 0.868. The van der Waals surface area contributed by atoms with Crippen LogP contribution >= 0.6 is 23.1 Å². The Morgan fingerprint density at radius 1 is 1.28 bits per heavy atom. The van der Waals surface area contributed by atoms with E-state index in [-0.39, 0.29) is 11.8 Å². The van der Waals surface area contributed by atoms with E-state index in [0.29, 0.717) is 28.2 Å². The Bertz CT molecular complexity index is 748. The summed E-state index contributed by atoms with van der Waals surface area (Å²) >= 11 is 2.97. The normalized spacial score (nSPS) is 17.1. The topological polar surface area (TPSA) is 75.2 Å². The molecule has 132 valence electrons. The Morgan fingerprint density at radius 2 is 2.04 bits per heavy atom. The van der Waals surface area contributed by atoms with Gasteiger partial charge in [-0.15, -0.1) is 22.0 Å². The van der Waals surface area contributed by atoms with Crippen LogP contribution in [0.15, 0.2) is 30.3 Å². The molecule has 8 heteroatoms. The first-order chi connectivity index (χ1) is 12.0. The second-order valence-electron chi connectivity index (χ2n) is 6.24. The van der Waals surface area contributed by atoms with Crippen LogP contribution in [-0.2, 0) is 11.2 Å². The van der Waals surface area contributed by atoms with Crippen LogP contribution in [0, 0.1) is 5.92 Å². The van der Waals surface area contributed by atoms with Crippen molar-refractivity contribution >= 4 is 40.0 Å². The Morgan fingerprint density at radius 3 is 2.76 bits per heavy atom. The largest absolute Gasteiger partial charge is 0.316 e. The highest BCUT2D eigenvalue weighted by atomic mass is 32.2. The Kier molecular flexibility index (Phi) is 5.70. The first kappa shape index (κ1) is 17.9. The number of benzene rings is 1. The van der Waals surface area contributed by atoms with E-state index >= 15 is 0 Å². The summed E-state index contributed by atoms with van der Waals surface area (Å²) in [6.45, 7) is 4.23. The van der Waals surface area contributed by atoms with E-state index in [0.717, 1.165) is 11.4 Å². The molecule has 1 unspecified atom stereocenters. The molecule has 2 amide bonds. The summed E-state index contributed by atoms with van der Waals surface area (Å²) in [5, 5.41) is 12.3. The molecule has 2 aromatic rings. The molecular weight excluding hydrogens is 356 g/mol. The van der Waals surface area contributed by atoms with Gasteiger partial charge in [0.2, 0.25) is 11.0 Å². The number of nitrogens with zero attached hydrogens (tertiary/aromatic N) is 3. The second-order valence-corrected chi connectivity index (χ2v) is 8.31. The number of carbonyl (C=O) groups excluding carboxylic acids is 2. The van der Waals surface area contributed by atoms with E-state index in [1.807, 2.05) is 18.2 Å². The monoisotopic (exact) mass is 376 g/mol. The smallest absolute Gasteiger partial charge is 0.255 e. The van der Waals surface area contributed by atoms with E-state index in [1.54, 1.807) is 28.8 Å². The van der Waals surface area contributed by atoms with E-state index in [1.165, 1.54) is 11.3 Å². The number of amides is 2. The van der Waals surface area contributed by atoms with Gasteiger partial charge in [-0.25, -0.2) is 0 Å². The van der Waals surface area contributed by atoms with Crippen LogP contribution in [0.25, 0.3) is 0 Å². The van der Waals surface area contributed by atoms with Crippen LogP contribution < -0.4 is 5.32 Å². The highest BCUT2D eigenvalue weighted by Gasteiger charge is 2.35. The lowest BCUT2D eigenvalue weighted by Crippen LogP contribution is -2.44. The molecule has 0 spiro atoms. The van der Waals surface area contributed by atoms with Crippen molar-refractivity contribution in [1.29, 1.82) is 0 Å². The van der Waals surface area contributed by atoms with Gasteiger partial charge in [0.25, 0.3) is 5.91 Å². The van der Waals surface area contributed by atoms with Gasteiger partial charge < -0.3 is 4.90 Å². The third kappa shape index (κ3) is 4.38. The molecule has 3 rings (SSSR count). The van der Waals surface area contributed by atoms with Crippen molar-refractivity contribution in [2.24, 2.45) is 5.92 Å². The molecule has 0 bridgehead atoms. The number of aromatic nitrogens is 2. The van der Waals surface area contributed by atoms with Crippen molar-refractivity contribution in [2.45, 2.75) is 26.3 Å². The Hall–Kier alpha value is -1.93. The molecule has 1 saturated heterocycles. The van der Waals surface area contributed by atoms with E-state index in [4.69, 9.17) is 0 Å². The molecule has 6 nitrogen and oxygen atoms in total. The van der Waals surface area contributed by atoms with Gasteiger partial charge in [0.1, 0.15) is 11.0 Å². The van der Waals surface area contributed by atoms with Crippen LogP contribution in [0.4, 0.5) is 5.13 Å². The number of hydrogen-bond donors (Lipinski definition) is 1. The number of anilines is 1. The lowest BCUT2D eigenvalue weighted by molar-refractivity contribution is -0.119. The number of thioether (sulfide) groups is 1. The maximum absolute atomic E-state index is 12.6. The lowest BCUT2D eigenvalue weighted by atomic mass is 10.1. The molecule has 1 aromatic heterocycles. The highest BCUT2D eigenvalue weighted by molar-refractivity contribution is 7.99. The van der Waals surface area contributed by atoms with Gasteiger partial charge in [0.15, 0.2) is 0 Å². The summed E-state index contributed by atoms with van der Waals surface area (Å²) in [5.74, 6) is 1.26. The first-order valence-electron chi connectivity index (χ1n) is 8.11. The summed E-state index contributed by atoms with van der Waals surface area (Å²) < 4.78 is 0. The summed E-state index contributed by atoms with van der Waals surface area (Å²) in [7, 11) is 0. The van der Waals surface area contributed by atoms with Crippen molar-refractivity contribution < 1.29 is 9.59 Å². The average molecular weight is 377 g/mol. The predicted molar refractivity (Wildman–Crippen MR) is 101 cm³/mol. The molecule has 2 heterocycles. The zero-order valence-electron chi connectivity index (χ0n) is 14.1. The highest BCUT2D eigenvalue weighted by Crippen LogP contribution is 2.25. The summed E-state index contributed by atoms with van der Waals surface area (Å²) in [6.07, 6.45) is 0.839. The van der Waals surface area contributed by atoms with Crippen molar-refractivity contribution in [3.63, 3.8) is 0 Å². The van der Waals surface area contributed by atoms with Crippen LogP contribution in [0.1, 0.15) is 29.2 Å². The minimum absolute atomic E-state index is 0.122. The fourth-order valence-electron chi connectivity index (χ4n) is 2.53. The van der Waals surface area contributed by atoms with Crippen LogP contribution in [0.5, 0.6) is 0 Å². The molecule has 1 aromatic carbocycles. The molecule has 1 aliphatic rings. The summed E-state index contributed by atoms with van der Waals surface area (Å²) in [4.78, 5) is 26.9. The van der Waals surface area contributed by atoms with Crippen LogP contribution in [-0.4, -0.2) is 44.6 Å². The SMILES string of the molecule is CC(C)Cc1nnc(NC(=O)C2CSCN2C(=O)c2ccccc2)s1. The number of hydrogen-bond acceptors (Lipinski definition) is 6. The van der Waals surface area contributed by atoms with Crippen molar-refractivity contribution in [3.05, 3.63) is 40.9 Å². The van der Waals surface area contributed by atoms with Crippen molar-refractivity contribution in [2.75, 3.05) is 16.9 Å². The van der Waals surface area contributed by atoms with Crippen molar-refractivity contribution in [1.82, 2.24) is 15.1 Å². The maximum Gasteiger partial charge on any atom is 0.255 e. The lowest BCUT2D eigenvalue weighted by Gasteiger charge is -2.22. The standard InChI is InChI=1S/C17H20N4O2S2/c1-11(2)8-14-19-20-17(25-14)18-15(22)13-9-24-10-21(13)16(23)12-6-4-3-5-7-12/h3-7,11,13H,8-10H2,1-2H3,(H,18,20,22). The maximum atomic E-state index is 12.6. The molecule has 1 fully saturated rings. The van der Waals surface area contributed by atoms with Crippen LogP contribution in [0.3, 0.4) is 0 Å². The fraction of sp³-hybridized carbons (Fsp3) is 0.412. The molecular formula is C17H20N4O2S2. The fourth-order valence-corrected chi connectivity index (χ4v) is 4.64. The Balaban J connectivity index is 1.66. The Labute approximate surface area is 155 Å². The number of carbonyl (C=O) groups is 2. The molecule has 0 aliphatic carbocycles. The third-order valence-corrected chi connectivity index (χ3v) is 5.62. The molecule has 1 atom stereocenters.